The summed E-state index contributed by atoms with van der Waals surface area (Å²) in [6.07, 6.45) is 11.4. The zero-order valence-electron chi connectivity index (χ0n) is 15.4. The topological polar surface area (TPSA) is 3.24 Å². The van der Waals surface area contributed by atoms with Crippen molar-refractivity contribution < 1.29 is 51.0 Å². The number of hydrogen-bond acceptors (Lipinski definition) is 1. The molecular weight excluding hydrogens is 427 g/mol. The molecule has 1 aliphatic heterocycles. The molecule has 5 heteroatoms. The Bertz CT molecular complexity index is 608. The largest absolute Gasteiger partial charge is 2.00 e. The molecule has 3 rings (SSSR count). The van der Waals surface area contributed by atoms with Crippen molar-refractivity contribution in [3.63, 3.8) is 0 Å². The van der Waals surface area contributed by atoms with Gasteiger partial charge < -0.3 is 29.6 Å². The Morgan fingerprint density at radius 3 is 2.04 bits per heavy atom. The molecule has 0 fully saturated rings. The molecular formula is C20H26BCl2NZr. The minimum absolute atomic E-state index is 0. The van der Waals surface area contributed by atoms with Gasteiger partial charge >= 0.3 is 26.2 Å². The molecule has 0 radical (unpaired) electrons. The molecule has 0 aromatic heterocycles. The normalized spacial score (nSPS) is 18.2. The molecule has 0 N–H and O–H groups in total. The summed E-state index contributed by atoms with van der Waals surface area (Å²) in [6.45, 7) is 9.70. The van der Waals surface area contributed by atoms with Crippen LogP contribution in [0, 0.1) is 5.92 Å². The zero-order chi connectivity index (χ0) is 15.7. The molecule has 132 valence electrons. The quantitative estimate of drug-likeness (QED) is 0.515. The molecule has 1 heterocycles. The monoisotopic (exact) mass is 451 g/mol. The van der Waals surface area contributed by atoms with Crippen LogP contribution in [-0.4, -0.2) is 23.7 Å². The molecule has 1 aromatic carbocycles. The summed E-state index contributed by atoms with van der Waals surface area (Å²) in [4.78, 5) is 2.65. The van der Waals surface area contributed by atoms with Crippen LogP contribution in [0.1, 0.15) is 44.6 Å². The van der Waals surface area contributed by atoms with E-state index in [2.05, 4.69) is 93.1 Å². The van der Waals surface area contributed by atoms with Crippen molar-refractivity contribution in [3.8, 4) is 0 Å². The van der Waals surface area contributed by atoms with E-state index in [1.807, 2.05) is 0 Å². The van der Waals surface area contributed by atoms with Crippen LogP contribution < -0.4 is 24.8 Å². The number of fused-ring (bicyclic) bond motifs is 1. The first-order chi connectivity index (χ1) is 10.6. The molecule has 1 aliphatic carbocycles. The van der Waals surface area contributed by atoms with Gasteiger partial charge in [0.25, 0.3) is 6.85 Å². The van der Waals surface area contributed by atoms with Crippen LogP contribution in [-0.2, 0) is 26.2 Å². The Hall–Kier alpha value is -0.0719. The Morgan fingerprint density at radius 1 is 0.920 bits per heavy atom. The van der Waals surface area contributed by atoms with Gasteiger partial charge in [0.1, 0.15) is 0 Å². The Balaban J connectivity index is 0.00000192. The number of hydrogen-bond donors (Lipinski definition) is 0. The fraction of sp³-hybridized carbons (Fsp3) is 0.400. The summed E-state index contributed by atoms with van der Waals surface area (Å²) in [7, 11) is 0. The molecule has 0 saturated carbocycles. The minimum Gasteiger partial charge on any atom is -1.00 e. The summed E-state index contributed by atoms with van der Waals surface area (Å²) in [5, 5.41) is 0. The van der Waals surface area contributed by atoms with Crippen LogP contribution in [0.25, 0.3) is 6.08 Å². The SMILES string of the molecule is CC(C)N(B1C=Cc2ccccc2C1C1C=CC=C1)C(C)C.[Cl-].[Cl-].[Zr+2]. The second kappa shape index (κ2) is 10.9. The van der Waals surface area contributed by atoms with Crippen LogP contribution in [0.4, 0.5) is 0 Å². The number of benzene rings is 1. The fourth-order valence-corrected chi connectivity index (χ4v) is 4.17. The minimum atomic E-state index is 0. The first-order valence-electron chi connectivity index (χ1n) is 8.49. The van der Waals surface area contributed by atoms with E-state index >= 15 is 0 Å². The maximum Gasteiger partial charge on any atom is 2.00 e. The van der Waals surface area contributed by atoms with Gasteiger partial charge in [0.15, 0.2) is 0 Å². The van der Waals surface area contributed by atoms with Crippen molar-refractivity contribution in [1.29, 1.82) is 0 Å². The summed E-state index contributed by atoms with van der Waals surface area (Å²) in [5.41, 5.74) is 2.87. The van der Waals surface area contributed by atoms with Crippen LogP contribution in [0.3, 0.4) is 0 Å². The van der Waals surface area contributed by atoms with Crippen LogP contribution >= 0.6 is 0 Å². The van der Waals surface area contributed by atoms with Gasteiger partial charge in [-0.25, -0.2) is 0 Å². The third-order valence-electron chi connectivity index (χ3n) is 4.93. The van der Waals surface area contributed by atoms with E-state index in [0.29, 0.717) is 30.7 Å². The van der Waals surface area contributed by atoms with E-state index < -0.39 is 0 Å². The zero-order valence-corrected chi connectivity index (χ0v) is 19.3. The van der Waals surface area contributed by atoms with Crippen molar-refractivity contribution in [3.05, 3.63) is 65.7 Å². The van der Waals surface area contributed by atoms with Gasteiger partial charge in [-0.2, -0.15) is 0 Å². The predicted octanol–water partition coefficient (Wildman–Crippen LogP) is -1.27. The van der Waals surface area contributed by atoms with Gasteiger partial charge in [-0.15, -0.1) is 0 Å². The molecule has 2 aliphatic rings. The van der Waals surface area contributed by atoms with E-state index in [4.69, 9.17) is 0 Å². The van der Waals surface area contributed by atoms with Crippen LogP contribution in [0.15, 0.2) is 54.5 Å². The van der Waals surface area contributed by atoms with Crippen molar-refractivity contribution in [2.45, 2.75) is 45.6 Å². The summed E-state index contributed by atoms with van der Waals surface area (Å²) in [6, 6.07) is 9.96. The van der Waals surface area contributed by atoms with E-state index in [-0.39, 0.29) is 51.0 Å². The number of nitrogens with zero attached hydrogens (tertiary/aromatic N) is 1. The number of halogens is 2. The predicted molar refractivity (Wildman–Crippen MR) is 97.9 cm³/mol. The summed E-state index contributed by atoms with van der Waals surface area (Å²) >= 11 is 0. The molecule has 0 bridgehead atoms. The molecule has 0 saturated heterocycles. The van der Waals surface area contributed by atoms with Gasteiger partial charge in [0.05, 0.1) is 0 Å². The maximum absolute atomic E-state index is 2.65. The first-order valence-corrected chi connectivity index (χ1v) is 8.49. The molecule has 1 nitrogen and oxygen atoms in total. The van der Waals surface area contributed by atoms with Gasteiger partial charge in [0, 0.05) is 0 Å². The Kier molecular flexibility index (Phi) is 10.9. The smallest absolute Gasteiger partial charge is 1.00 e. The molecule has 0 amide bonds. The van der Waals surface area contributed by atoms with Crippen molar-refractivity contribution in [2.75, 3.05) is 0 Å². The van der Waals surface area contributed by atoms with E-state index in [1.54, 1.807) is 0 Å². The molecule has 1 aromatic rings. The van der Waals surface area contributed by atoms with Crippen LogP contribution in [0.2, 0.25) is 0 Å². The van der Waals surface area contributed by atoms with E-state index in [1.165, 1.54) is 11.1 Å². The third kappa shape index (κ3) is 5.22. The third-order valence-corrected chi connectivity index (χ3v) is 4.93. The molecule has 25 heavy (non-hydrogen) atoms. The Labute approximate surface area is 185 Å². The number of allylic oxidation sites excluding steroid dienone is 4. The van der Waals surface area contributed by atoms with Crippen LogP contribution in [0.5, 0.6) is 0 Å². The average molecular weight is 453 g/mol. The maximum atomic E-state index is 2.65. The second-order valence-corrected chi connectivity index (χ2v) is 6.99. The van der Waals surface area contributed by atoms with E-state index in [0.717, 1.165) is 0 Å². The van der Waals surface area contributed by atoms with Crippen molar-refractivity contribution >= 4 is 12.9 Å². The summed E-state index contributed by atoms with van der Waals surface area (Å²) in [5.74, 6) is 3.42. The molecule has 1 atom stereocenters. The van der Waals surface area contributed by atoms with Gasteiger partial charge in [0.2, 0.25) is 0 Å². The van der Waals surface area contributed by atoms with Gasteiger partial charge in [-0.05, 0) is 34.9 Å². The Morgan fingerprint density at radius 2 is 1.48 bits per heavy atom. The van der Waals surface area contributed by atoms with E-state index in [9.17, 15) is 0 Å². The first kappa shape index (κ1) is 24.9. The van der Waals surface area contributed by atoms with Gasteiger partial charge in [-0.3, -0.25) is 0 Å². The molecule has 1 unspecified atom stereocenters. The number of rotatable bonds is 4. The summed E-state index contributed by atoms with van der Waals surface area (Å²) < 4.78 is 0. The standard InChI is InChI=1S/C20H26BN.2ClH.Zr/c1-15(2)22(16(3)4)21-14-13-17-9-7-8-12-19(17)20(21)18-10-5-6-11-18;;;/h5-16,18,20H,1-4H3;2*1H;/q;;;+2/p-2. The average Bonchev–Trinajstić information content (AvgIpc) is 3.00. The second-order valence-electron chi connectivity index (χ2n) is 6.99. The van der Waals surface area contributed by atoms with Crippen molar-refractivity contribution in [2.24, 2.45) is 5.92 Å². The van der Waals surface area contributed by atoms with Crippen molar-refractivity contribution in [1.82, 2.24) is 4.81 Å². The van der Waals surface area contributed by atoms with Gasteiger partial charge in [-0.1, -0.05) is 88.3 Å². The molecule has 0 spiro atoms. The fourth-order valence-electron chi connectivity index (χ4n) is 4.17.